The number of hydrogen-bond donors (Lipinski definition) is 2. The van der Waals surface area contributed by atoms with Crippen molar-refractivity contribution in [3.05, 3.63) is 46.9 Å². The molecule has 7 heteroatoms. The number of esters is 1. The van der Waals surface area contributed by atoms with E-state index in [-0.39, 0.29) is 23.8 Å². The number of benzene rings is 1. The van der Waals surface area contributed by atoms with Gasteiger partial charge in [0.1, 0.15) is 12.4 Å². The molecule has 2 aliphatic rings. The van der Waals surface area contributed by atoms with E-state index in [4.69, 9.17) is 9.47 Å². The van der Waals surface area contributed by atoms with Gasteiger partial charge < -0.3 is 20.1 Å². The maximum absolute atomic E-state index is 14.1. The lowest BCUT2D eigenvalue weighted by Gasteiger charge is -2.28. The van der Waals surface area contributed by atoms with E-state index < -0.39 is 23.9 Å². The molecular weight excluding hydrogens is 315 g/mol. The van der Waals surface area contributed by atoms with Gasteiger partial charge in [-0.2, -0.15) is 0 Å². The Morgan fingerprint density at radius 1 is 1.42 bits per heavy atom. The van der Waals surface area contributed by atoms with Crippen molar-refractivity contribution in [3.8, 4) is 0 Å². The van der Waals surface area contributed by atoms with E-state index in [2.05, 4.69) is 10.6 Å². The maximum Gasteiger partial charge on any atom is 0.338 e. The topological polar surface area (TPSA) is 76.7 Å². The second kappa shape index (κ2) is 7.00. The van der Waals surface area contributed by atoms with Gasteiger partial charge in [-0.25, -0.2) is 14.0 Å². The van der Waals surface area contributed by atoms with Crippen LogP contribution in [0, 0.1) is 5.82 Å². The van der Waals surface area contributed by atoms with Gasteiger partial charge in [0.15, 0.2) is 0 Å². The van der Waals surface area contributed by atoms with Gasteiger partial charge in [0.25, 0.3) is 0 Å². The molecule has 2 N–H and O–H groups in total. The molecule has 0 saturated carbocycles. The van der Waals surface area contributed by atoms with Gasteiger partial charge in [-0.05, 0) is 25.8 Å². The van der Waals surface area contributed by atoms with Crippen LogP contribution in [0.3, 0.4) is 0 Å². The molecule has 0 spiro atoms. The Labute approximate surface area is 139 Å². The van der Waals surface area contributed by atoms with Crippen LogP contribution >= 0.6 is 0 Å². The van der Waals surface area contributed by atoms with Crippen molar-refractivity contribution in [1.29, 1.82) is 0 Å². The highest BCUT2D eigenvalue weighted by atomic mass is 19.1. The molecule has 2 aliphatic heterocycles. The monoisotopic (exact) mass is 334 g/mol. The molecule has 0 bridgehead atoms. The third kappa shape index (κ3) is 3.41. The number of allylic oxidation sites excluding steroid dienone is 1. The Hall–Kier alpha value is -2.41. The Morgan fingerprint density at radius 3 is 2.92 bits per heavy atom. The highest BCUT2D eigenvalue weighted by Crippen LogP contribution is 2.29. The van der Waals surface area contributed by atoms with Crippen LogP contribution in [-0.4, -0.2) is 31.3 Å². The van der Waals surface area contributed by atoms with Gasteiger partial charge in [-0.15, -0.1) is 0 Å². The van der Waals surface area contributed by atoms with Crippen molar-refractivity contribution in [2.45, 2.75) is 31.9 Å². The number of urea groups is 1. The number of ether oxygens (including phenoxy) is 2. The lowest BCUT2D eigenvalue weighted by atomic mass is 9.95. The fourth-order valence-corrected chi connectivity index (χ4v) is 2.93. The number of nitrogens with one attached hydrogen (secondary N) is 2. The van der Waals surface area contributed by atoms with Crippen LogP contribution < -0.4 is 10.6 Å². The summed E-state index contributed by atoms with van der Waals surface area (Å²) in [6.45, 7) is 2.40. The van der Waals surface area contributed by atoms with Crippen LogP contribution in [-0.2, 0) is 14.3 Å². The molecule has 128 valence electrons. The maximum atomic E-state index is 14.1. The fraction of sp³-hybridized carbons (Fsp3) is 0.412. The highest BCUT2D eigenvalue weighted by Gasteiger charge is 2.34. The van der Waals surface area contributed by atoms with E-state index in [1.807, 2.05) is 0 Å². The molecule has 24 heavy (non-hydrogen) atoms. The van der Waals surface area contributed by atoms with Crippen LogP contribution in [0.5, 0.6) is 0 Å². The van der Waals surface area contributed by atoms with Gasteiger partial charge in [0, 0.05) is 17.9 Å². The number of carbonyl (C=O) groups excluding carboxylic acids is 2. The Bertz CT molecular complexity index is 683. The zero-order valence-corrected chi connectivity index (χ0v) is 13.3. The van der Waals surface area contributed by atoms with Crippen LogP contribution in [0.1, 0.15) is 31.4 Å². The number of hydrogen-bond acceptors (Lipinski definition) is 4. The Morgan fingerprint density at radius 2 is 2.21 bits per heavy atom. The van der Waals surface area contributed by atoms with Crippen molar-refractivity contribution in [3.63, 3.8) is 0 Å². The van der Waals surface area contributed by atoms with Crippen molar-refractivity contribution in [2.24, 2.45) is 0 Å². The summed E-state index contributed by atoms with van der Waals surface area (Å²) >= 11 is 0. The molecular formula is C17H19FN2O4. The minimum atomic E-state index is -0.892. The molecule has 2 amide bonds. The predicted octanol–water partition coefficient (Wildman–Crippen LogP) is 2.18. The number of carbonyl (C=O) groups is 2. The van der Waals surface area contributed by atoms with Crippen LogP contribution in [0.2, 0.25) is 0 Å². The third-order valence-corrected chi connectivity index (χ3v) is 4.13. The SMILES string of the molecule is CC1=C(C(=O)OC[C@@H]2CCCO2)[C@H](c2ccccc2F)NC(=O)N1. The molecule has 0 radical (unpaired) electrons. The summed E-state index contributed by atoms with van der Waals surface area (Å²) in [4.78, 5) is 24.3. The first kappa shape index (κ1) is 16.4. The zero-order valence-electron chi connectivity index (χ0n) is 13.3. The smallest absolute Gasteiger partial charge is 0.338 e. The number of amides is 2. The first-order valence-electron chi connectivity index (χ1n) is 7.87. The van der Waals surface area contributed by atoms with E-state index in [0.717, 1.165) is 12.8 Å². The normalized spacial score (nSPS) is 23.7. The Balaban J connectivity index is 1.83. The minimum absolute atomic E-state index is 0.104. The molecule has 2 heterocycles. The summed E-state index contributed by atoms with van der Waals surface area (Å²) in [5.41, 5.74) is 0.762. The number of halogens is 1. The number of rotatable bonds is 4. The van der Waals surface area contributed by atoms with E-state index in [0.29, 0.717) is 12.3 Å². The van der Waals surface area contributed by atoms with E-state index in [9.17, 15) is 14.0 Å². The molecule has 6 nitrogen and oxygen atoms in total. The molecule has 1 saturated heterocycles. The summed E-state index contributed by atoms with van der Waals surface area (Å²) in [6, 6.07) is 4.64. The van der Waals surface area contributed by atoms with Crippen molar-refractivity contribution in [2.75, 3.05) is 13.2 Å². The van der Waals surface area contributed by atoms with Gasteiger partial charge in [-0.1, -0.05) is 18.2 Å². The Kier molecular flexibility index (Phi) is 4.80. The molecule has 1 aromatic carbocycles. The molecule has 2 atom stereocenters. The lowest BCUT2D eigenvalue weighted by Crippen LogP contribution is -2.45. The standard InChI is InChI=1S/C17H19FN2O4/c1-10-14(16(21)24-9-11-5-4-8-23-11)15(20-17(22)19-10)12-6-2-3-7-13(12)18/h2-3,6-7,11,15H,4-5,8-9H2,1H3,(H2,19,20,22)/t11-,15-/m0/s1. The average molecular weight is 334 g/mol. The summed E-state index contributed by atoms with van der Waals surface area (Å²) in [7, 11) is 0. The van der Waals surface area contributed by atoms with Crippen LogP contribution in [0.15, 0.2) is 35.5 Å². The predicted molar refractivity (Wildman–Crippen MR) is 83.4 cm³/mol. The molecule has 3 rings (SSSR count). The second-order valence-corrected chi connectivity index (χ2v) is 5.83. The summed E-state index contributed by atoms with van der Waals surface area (Å²) < 4.78 is 24.9. The quantitative estimate of drug-likeness (QED) is 0.828. The second-order valence-electron chi connectivity index (χ2n) is 5.83. The first-order chi connectivity index (χ1) is 11.6. The van der Waals surface area contributed by atoms with Gasteiger partial charge in [0.05, 0.1) is 17.7 Å². The van der Waals surface area contributed by atoms with Crippen molar-refractivity contribution in [1.82, 2.24) is 10.6 Å². The van der Waals surface area contributed by atoms with Gasteiger partial charge in [-0.3, -0.25) is 0 Å². The first-order valence-corrected chi connectivity index (χ1v) is 7.87. The molecule has 1 aromatic rings. The molecule has 0 unspecified atom stereocenters. The van der Waals surface area contributed by atoms with E-state index in [1.54, 1.807) is 19.1 Å². The van der Waals surface area contributed by atoms with Crippen molar-refractivity contribution < 1.29 is 23.5 Å². The van der Waals surface area contributed by atoms with Gasteiger partial charge in [0.2, 0.25) is 0 Å². The third-order valence-electron chi connectivity index (χ3n) is 4.13. The summed E-state index contributed by atoms with van der Waals surface area (Å²) in [5, 5.41) is 5.12. The highest BCUT2D eigenvalue weighted by molar-refractivity contribution is 5.95. The lowest BCUT2D eigenvalue weighted by molar-refractivity contribution is -0.142. The fourth-order valence-electron chi connectivity index (χ4n) is 2.93. The molecule has 0 aliphatic carbocycles. The molecule has 0 aromatic heterocycles. The minimum Gasteiger partial charge on any atom is -0.459 e. The van der Waals surface area contributed by atoms with Crippen LogP contribution in [0.4, 0.5) is 9.18 Å². The zero-order chi connectivity index (χ0) is 17.1. The molecule has 1 fully saturated rings. The van der Waals surface area contributed by atoms with Gasteiger partial charge >= 0.3 is 12.0 Å². The largest absolute Gasteiger partial charge is 0.459 e. The van der Waals surface area contributed by atoms with E-state index >= 15 is 0 Å². The van der Waals surface area contributed by atoms with Crippen LogP contribution in [0.25, 0.3) is 0 Å². The van der Waals surface area contributed by atoms with Crippen molar-refractivity contribution >= 4 is 12.0 Å². The summed E-state index contributed by atoms with van der Waals surface area (Å²) in [5.74, 6) is -1.09. The summed E-state index contributed by atoms with van der Waals surface area (Å²) in [6.07, 6.45) is 1.68. The average Bonchev–Trinajstić information content (AvgIpc) is 3.06. The van der Waals surface area contributed by atoms with E-state index in [1.165, 1.54) is 12.1 Å².